The Kier molecular flexibility index (Phi) is 2.80. The molecule has 0 spiro atoms. The molecule has 0 aliphatic carbocycles. The molecule has 0 radical (unpaired) electrons. The van der Waals surface area contributed by atoms with Gasteiger partial charge < -0.3 is 10.6 Å². The molecule has 0 saturated carbocycles. The van der Waals surface area contributed by atoms with E-state index < -0.39 is 0 Å². The second kappa shape index (κ2) is 4.46. The Labute approximate surface area is 107 Å². The number of hydrogen-bond donors (Lipinski definition) is 2. The fourth-order valence-electron chi connectivity index (χ4n) is 2.35. The van der Waals surface area contributed by atoms with Gasteiger partial charge in [-0.15, -0.1) is 0 Å². The fraction of sp³-hybridized carbons (Fsp3) is 0.357. The summed E-state index contributed by atoms with van der Waals surface area (Å²) in [6.45, 7) is 3.99. The summed E-state index contributed by atoms with van der Waals surface area (Å²) < 4.78 is 0. The van der Waals surface area contributed by atoms with E-state index in [1.807, 2.05) is 0 Å². The number of rotatable bonds is 2. The number of aromatic nitrogens is 2. The largest absolute Gasteiger partial charge is 0.354 e. The molecule has 1 fully saturated rings. The first-order valence-electron chi connectivity index (χ1n) is 6.35. The van der Waals surface area contributed by atoms with Gasteiger partial charge in [0.15, 0.2) is 5.82 Å². The van der Waals surface area contributed by atoms with Crippen LogP contribution < -0.4 is 10.6 Å². The molecule has 18 heavy (non-hydrogen) atoms. The maximum atomic E-state index is 5.92. The van der Waals surface area contributed by atoms with Gasteiger partial charge in [-0.05, 0) is 18.9 Å². The Balaban J connectivity index is 1.83. The third kappa shape index (κ3) is 2.11. The van der Waals surface area contributed by atoms with E-state index in [9.17, 15) is 0 Å². The summed E-state index contributed by atoms with van der Waals surface area (Å²) in [5.41, 5.74) is 9.41. The van der Waals surface area contributed by atoms with Gasteiger partial charge in [0.2, 0.25) is 0 Å². The Hall–Kier alpha value is -1.81. The number of benzene rings is 1. The SMILES string of the molecule is Cc1ccc(-c2cc(N3CCC(N)C3)n[nH]2)cc1. The molecule has 1 aromatic heterocycles. The van der Waals surface area contributed by atoms with Gasteiger partial charge in [-0.25, -0.2) is 0 Å². The second-order valence-corrected chi connectivity index (χ2v) is 5.00. The lowest BCUT2D eigenvalue weighted by molar-refractivity contribution is 0.751. The van der Waals surface area contributed by atoms with Crippen molar-refractivity contribution < 1.29 is 0 Å². The maximum absolute atomic E-state index is 5.92. The maximum Gasteiger partial charge on any atom is 0.151 e. The molecule has 2 aromatic rings. The number of nitrogens with zero attached hydrogens (tertiary/aromatic N) is 2. The predicted molar refractivity (Wildman–Crippen MR) is 73.6 cm³/mol. The molecule has 4 heteroatoms. The Morgan fingerprint density at radius 2 is 2.11 bits per heavy atom. The molecular formula is C14H18N4. The van der Waals surface area contributed by atoms with Gasteiger partial charge in [-0.2, -0.15) is 5.10 Å². The lowest BCUT2D eigenvalue weighted by Crippen LogP contribution is -2.26. The first-order chi connectivity index (χ1) is 8.72. The molecule has 4 nitrogen and oxygen atoms in total. The normalized spacial score (nSPS) is 19.4. The van der Waals surface area contributed by atoms with E-state index in [0.29, 0.717) is 0 Å². The molecular weight excluding hydrogens is 224 g/mol. The molecule has 94 valence electrons. The van der Waals surface area contributed by atoms with Crippen molar-refractivity contribution in [2.45, 2.75) is 19.4 Å². The van der Waals surface area contributed by atoms with Crippen LogP contribution in [0.5, 0.6) is 0 Å². The zero-order valence-electron chi connectivity index (χ0n) is 10.6. The van der Waals surface area contributed by atoms with Gasteiger partial charge in [0.25, 0.3) is 0 Å². The van der Waals surface area contributed by atoms with Crippen molar-refractivity contribution in [2.75, 3.05) is 18.0 Å². The summed E-state index contributed by atoms with van der Waals surface area (Å²) >= 11 is 0. The number of nitrogens with two attached hydrogens (primary N) is 1. The van der Waals surface area contributed by atoms with Crippen LogP contribution in [0.2, 0.25) is 0 Å². The number of anilines is 1. The van der Waals surface area contributed by atoms with Crippen molar-refractivity contribution in [3.8, 4) is 11.3 Å². The monoisotopic (exact) mass is 242 g/mol. The van der Waals surface area contributed by atoms with Crippen LogP contribution in [0.25, 0.3) is 11.3 Å². The quantitative estimate of drug-likeness (QED) is 0.846. The highest BCUT2D eigenvalue weighted by Crippen LogP contribution is 2.24. The highest BCUT2D eigenvalue weighted by atomic mass is 15.3. The molecule has 1 aliphatic rings. The highest BCUT2D eigenvalue weighted by molar-refractivity contribution is 5.63. The minimum atomic E-state index is 0.282. The molecule has 1 aliphatic heterocycles. The Morgan fingerprint density at radius 3 is 2.78 bits per heavy atom. The van der Waals surface area contributed by atoms with Crippen LogP contribution in [0, 0.1) is 6.92 Å². The Morgan fingerprint density at radius 1 is 1.33 bits per heavy atom. The molecule has 2 heterocycles. The molecule has 1 atom stereocenters. The van der Waals surface area contributed by atoms with E-state index in [4.69, 9.17) is 5.73 Å². The van der Waals surface area contributed by atoms with Gasteiger partial charge in [0, 0.05) is 25.2 Å². The molecule has 0 amide bonds. The average Bonchev–Trinajstić information content (AvgIpc) is 2.98. The second-order valence-electron chi connectivity index (χ2n) is 5.00. The predicted octanol–water partition coefficient (Wildman–Crippen LogP) is 1.92. The smallest absolute Gasteiger partial charge is 0.151 e. The lowest BCUT2D eigenvalue weighted by Gasteiger charge is -2.13. The average molecular weight is 242 g/mol. The van der Waals surface area contributed by atoms with E-state index in [0.717, 1.165) is 31.0 Å². The minimum Gasteiger partial charge on any atom is -0.354 e. The topological polar surface area (TPSA) is 57.9 Å². The van der Waals surface area contributed by atoms with Gasteiger partial charge in [0.05, 0.1) is 5.69 Å². The van der Waals surface area contributed by atoms with Crippen LogP contribution >= 0.6 is 0 Å². The lowest BCUT2D eigenvalue weighted by atomic mass is 10.1. The summed E-state index contributed by atoms with van der Waals surface area (Å²) in [5, 5.41) is 7.48. The van der Waals surface area contributed by atoms with Gasteiger partial charge >= 0.3 is 0 Å². The Bertz CT molecular complexity index is 529. The van der Waals surface area contributed by atoms with Crippen LogP contribution in [-0.4, -0.2) is 29.3 Å². The van der Waals surface area contributed by atoms with Crippen molar-refractivity contribution in [3.05, 3.63) is 35.9 Å². The van der Waals surface area contributed by atoms with E-state index in [1.54, 1.807) is 0 Å². The highest BCUT2D eigenvalue weighted by Gasteiger charge is 2.21. The van der Waals surface area contributed by atoms with Gasteiger partial charge in [-0.1, -0.05) is 29.8 Å². The van der Waals surface area contributed by atoms with E-state index in [1.165, 1.54) is 11.1 Å². The summed E-state index contributed by atoms with van der Waals surface area (Å²) in [6.07, 6.45) is 1.05. The van der Waals surface area contributed by atoms with Crippen LogP contribution in [-0.2, 0) is 0 Å². The summed E-state index contributed by atoms with van der Waals surface area (Å²) in [7, 11) is 0. The van der Waals surface area contributed by atoms with E-state index in [-0.39, 0.29) is 6.04 Å². The number of aryl methyl sites for hydroxylation is 1. The third-order valence-corrected chi connectivity index (χ3v) is 3.48. The van der Waals surface area contributed by atoms with Crippen molar-refractivity contribution in [2.24, 2.45) is 5.73 Å². The van der Waals surface area contributed by atoms with E-state index >= 15 is 0 Å². The van der Waals surface area contributed by atoms with Crippen molar-refractivity contribution >= 4 is 5.82 Å². The van der Waals surface area contributed by atoms with E-state index in [2.05, 4.69) is 52.4 Å². The summed E-state index contributed by atoms with van der Waals surface area (Å²) in [5.74, 6) is 0.999. The van der Waals surface area contributed by atoms with Crippen LogP contribution in [0.1, 0.15) is 12.0 Å². The van der Waals surface area contributed by atoms with Crippen molar-refractivity contribution in [3.63, 3.8) is 0 Å². The van der Waals surface area contributed by atoms with Crippen molar-refractivity contribution in [1.29, 1.82) is 0 Å². The zero-order valence-corrected chi connectivity index (χ0v) is 10.6. The summed E-state index contributed by atoms with van der Waals surface area (Å²) in [6, 6.07) is 10.8. The van der Waals surface area contributed by atoms with Crippen LogP contribution in [0.3, 0.4) is 0 Å². The number of hydrogen-bond acceptors (Lipinski definition) is 3. The van der Waals surface area contributed by atoms with Crippen LogP contribution in [0.15, 0.2) is 30.3 Å². The zero-order chi connectivity index (χ0) is 12.5. The molecule has 1 aromatic carbocycles. The number of aromatic amines is 1. The third-order valence-electron chi connectivity index (χ3n) is 3.48. The number of H-pyrrole nitrogens is 1. The first-order valence-corrected chi connectivity index (χ1v) is 6.35. The first kappa shape index (κ1) is 11.3. The molecule has 1 unspecified atom stereocenters. The van der Waals surface area contributed by atoms with Gasteiger partial charge in [0.1, 0.15) is 0 Å². The summed E-state index contributed by atoms with van der Waals surface area (Å²) in [4.78, 5) is 2.23. The van der Waals surface area contributed by atoms with Crippen LogP contribution in [0.4, 0.5) is 5.82 Å². The van der Waals surface area contributed by atoms with Crippen molar-refractivity contribution in [1.82, 2.24) is 10.2 Å². The fourth-order valence-corrected chi connectivity index (χ4v) is 2.35. The molecule has 3 rings (SSSR count). The standard InChI is InChI=1S/C14H18N4/c1-10-2-4-11(5-3-10)13-8-14(17-16-13)18-7-6-12(15)9-18/h2-5,8,12H,6-7,9,15H2,1H3,(H,16,17). The molecule has 1 saturated heterocycles. The molecule has 0 bridgehead atoms. The minimum absolute atomic E-state index is 0.282. The molecule has 3 N–H and O–H groups in total. The number of nitrogens with one attached hydrogen (secondary N) is 1. The van der Waals surface area contributed by atoms with Gasteiger partial charge in [-0.3, -0.25) is 5.10 Å².